The fourth-order valence-corrected chi connectivity index (χ4v) is 4.28. The topological polar surface area (TPSA) is 29.1 Å². The Morgan fingerprint density at radius 3 is 1.88 bits per heavy atom. The highest BCUT2D eigenvalue weighted by atomic mass is 35.5. The molecule has 140 valence electrons. The van der Waals surface area contributed by atoms with Gasteiger partial charge in [0, 0.05) is 23.8 Å². The van der Waals surface area contributed by atoms with Crippen LogP contribution in [-0.4, -0.2) is 24.0 Å². The molecule has 1 N–H and O–H groups in total. The summed E-state index contributed by atoms with van der Waals surface area (Å²) in [6, 6.07) is 11.1. The van der Waals surface area contributed by atoms with Crippen LogP contribution in [0.15, 0.2) is 36.4 Å². The van der Waals surface area contributed by atoms with E-state index >= 15 is 0 Å². The van der Waals surface area contributed by atoms with Crippen LogP contribution in [0.4, 0.5) is 0 Å². The summed E-state index contributed by atoms with van der Waals surface area (Å²) in [6.45, 7) is 0.637. The van der Waals surface area contributed by atoms with Gasteiger partial charge in [-0.2, -0.15) is 11.8 Å². The SMILES string of the molecule is O=C(CSCc1ccc(Cl)c(Cl)c1)NCCSCc1ccc(Cl)c(Cl)c1. The van der Waals surface area contributed by atoms with Crippen LogP contribution in [-0.2, 0) is 16.3 Å². The van der Waals surface area contributed by atoms with Crippen molar-refractivity contribution >= 4 is 75.8 Å². The molecule has 0 heterocycles. The van der Waals surface area contributed by atoms with Crippen molar-refractivity contribution in [1.29, 1.82) is 0 Å². The van der Waals surface area contributed by atoms with Crippen molar-refractivity contribution in [2.75, 3.05) is 18.1 Å². The summed E-state index contributed by atoms with van der Waals surface area (Å²) in [5, 5.41) is 5.12. The van der Waals surface area contributed by atoms with Crippen molar-refractivity contribution in [3.63, 3.8) is 0 Å². The van der Waals surface area contributed by atoms with Gasteiger partial charge in [0.2, 0.25) is 5.91 Å². The quantitative estimate of drug-likeness (QED) is 0.421. The maximum absolute atomic E-state index is 11.8. The Hall–Kier alpha value is -0.230. The first-order chi connectivity index (χ1) is 12.5. The number of hydrogen-bond acceptors (Lipinski definition) is 3. The lowest BCUT2D eigenvalue weighted by Gasteiger charge is -2.07. The van der Waals surface area contributed by atoms with Crippen LogP contribution in [0, 0.1) is 0 Å². The molecular weight excluding hydrogens is 452 g/mol. The van der Waals surface area contributed by atoms with Gasteiger partial charge < -0.3 is 5.32 Å². The van der Waals surface area contributed by atoms with Gasteiger partial charge in [-0.1, -0.05) is 58.5 Å². The van der Waals surface area contributed by atoms with E-state index in [0.29, 0.717) is 32.4 Å². The molecule has 0 saturated carbocycles. The molecule has 0 fully saturated rings. The molecule has 0 unspecified atom stereocenters. The number of nitrogens with one attached hydrogen (secondary N) is 1. The van der Waals surface area contributed by atoms with Gasteiger partial charge in [-0.25, -0.2) is 0 Å². The van der Waals surface area contributed by atoms with Crippen LogP contribution in [0.3, 0.4) is 0 Å². The molecule has 2 aromatic rings. The molecule has 2 rings (SSSR count). The van der Waals surface area contributed by atoms with E-state index < -0.39 is 0 Å². The minimum Gasteiger partial charge on any atom is -0.355 e. The molecule has 8 heteroatoms. The molecule has 26 heavy (non-hydrogen) atoms. The second kappa shape index (κ2) is 11.6. The number of rotatable bonds is 9. The Morgan fingerprint density at radius 2 is 1.35 bits per heavy atom. The van der Waals surface area contributed by atoms with Gasteiger partial charge in [-0.05, 0) is 35.4 Å². The molecule has 0 aliphatic heterocycles. The molecule has 0 spiro atoms. The van der Waals surface area contributed by atoms with E-state index in [-0.39, 0.29) is 5.91 Å². The number of hydrogen-bond donors (Lipinski definition) is 1. The number of amides is 1. The van der Waals surface area contributed by atoms with E-state index in [4.69, 9.17) is 46.4 Å². The molecule has 2 aromatic carbocycles. The van der Waals surface area contributed by atoms with E-state index in [1.807, 2.05) is 24.3 Å². The summed E-state index contributed by atoms with van der Waals surface area (Å²) in [4.78, 5) is 11.8. The number of thioether (sulfide) groups is 2. The molecule has 0 saturated heterocycles. The smallest absolute Gasteiger partial charge is 0.230 e. The summed E-state index contributed by atoms with van der Waals surface area (Å²) in [7, 11) is 0. The van der Waals surface area contributed by atoms with Gasteiger partial charge in [0.1, 0.15) is 0 Å². The second-order valence-electron chi connectivity index (χ2n) is 5.39. The molecule has 0 aliphatic carbocycles. The van der Waals surface area contributed by atoms with Gasteiger partial charge in [0.05, 0.1) is 25.8 Å². The van der Waals surface area contributed by atoms with E-state index in [2.05, 4.69) is 5.32 Å². The minimum atomic E-state index is 0.0326. The number of carbonyl (C=O) groups excluding carboxylic acids is 1. The van der Waals surface area contributed by atoms with Crippen molar-refractivity contribution in [3.05, 3.63) is 67.6 Å². The van der Waals surface area contributed by atoms with Gasteiger partial charge in [-0.3, -0.25) is 4.79 Å². The lowest BCUT2D eigenvalue weighted by atomic mass is 10.2. The van der Waals surface area contributed by atoms with Gasteiger partial charge in [0.15, 0.2) is 0 Å². The zero-order chi connectivity index (χ0) is 18.9. The molecular formula is C18H17Cl4NOS2. The molecule has 1 amide bonds. The van der Waals surface area contributed by atoms with Crippen LogP contribution in [0.5, 0.6) is 0 Å². The first-order valence-electron chi connectivity index (χ1n) is 7.76. The number of benzene rings is 2. The molecule has 0 aliphatic rings. The molecule has 0 bridgehead atoms. The Labute approximate surface area is 182 Å². The Morgan fingerprint density at radius 1 is 0.808 bits per heavy atom. The maximum Gasteiger partial charge on any atom is 0.230 e. The normalized spacial score (nSPS) is 10.8. The first-order valence-corrected chi connectivity index (χ1v) is 11.6. The third-order valence-electron chi connectivity index (χ3n) is 3.31. The highest BCUT2D eigenvalue weighted by Gasteiger charge is 2.04. The summed E-state index contributed by atoms with van der Waals surface area (Å²) < 4.78 is 0. The highest BCUT2D eigenvalue weighted by molar-refractivity contribution is 7.99. The zero-order valence-corrected chi connectivity index (χ0v) is 18.4. The summed E-state index contributed by atoms with van der Waals surface area (Å²) in [6.07, 6.45) is 0. The minimum absolute atomic E-state index is 0.0326. The average molecular weight is 469 g/mol. The highest BCUT2D eigenvalue weighted by Crippen LogP contribution is 2.25. The van der Waals surface area contributed by atoms with Crippen molar-refractivity contribution in [3.8, 4) is 0 Å². The number of carbonyl (C=O) groups is 1. The fraction of sp³-hybridized carbons (Fsp3) is 0.278. The zero-order valence-electron chi connectivity index (χ0n) is 13.7. The van der Waals surface area contributed by atoms with Crippen LogP contribution in [0.2, 0.25) is 20.1 Å². The predicted octanol–water partition coefficient (Wildman–Crippen LogP) is 6.58. The van der Waals surface area contributed by atoms with E-state index in [0.717, 1.165) is 28.4 Å². The standard InChI is InChI=1S/C18H17Cl4NOS2/c19-14-3-1-12(7-16(14)21)9-25-6-5-23-18(24)11-26-10-13-2-4-15(20)17(22)8-13/h1-4,7-8H,5-6,9-11H2,(H,23,24). The Kier molecular flexibility index (Phi) is 9.82. The lowest BCUT2D eigenvalue weighted by molar-refractivity contribution is -0.118. The monoisotopic (exact) mass is 467 g/mol. The summed E-state index contributed by atoms with van der Waals surface area (Å²) in [5.41, 5.74) is 2.17. The third-order valence-corrected chi connectivity index (χ3v) is 6.82. The molecule has 0 atom stereocenters. The largest absolute Gasteiger partial charge is 0.355 e. The van der Waals surface area contributed by atoms with Crippen molar-refractivity contribution in [2.45, 2.75) is 11.5 Å². The average Bonchev–Trinajstić information content (AvgIpc) is 2.61. The van der Waals surface area contributed by atoms with Gasteiger partial charge in [-0.15, -0.1) is 11.8 Å². The van der Waals surface area contributed by atoms with E-state index in [1.165, 1.54) is 0 Å². The molecule has 0 radical (unpaired) electrons. The third kappa shape index (κ3) is 7.79. The summed E-state index contributed by atoms with van der Waals surface area (Å²) >= 11 is 27.0. The predicted molar refractivity (Wildman–Crippen MR) is 118 cm³/mol. The molecule has 0 aromatic heterocycles. The van der Waals surface area contributed by atoms with Crippen LogP contribution < -0.4 is 5.32 Å². The van der Waals surface area contributed by atoms with E-state index in [9.17, 15) is 4.79 Å². The van der Waals surface area contributed by atoms with Crippen LogP contribution >= 0.6 is 69.9 Å². The fourth-order valence-electron chi connectivity index (χ4n) is 2.02. The van der Waals surface area contributed by atoms with Crippen molar-refractivity contribution in [2.24, 2.45) is 0 Å². The summed E-state index contributed by atoms with van der Waals surface area (Å²) in [5.74, 6) is 2.83. The van der Waals surface area contributed by atoms with Gasteiger partial charge in [0.25, 0.3) is 0 Å². The lowest BCUT2D eigenvalue weighted by Crippen LogP contribution is -2.27. The van der Waals surface area contributed by atoms with Crippen LogP contribution in [0.25, 0.3) is 0 Å². The Balaban J connectivity index is 1.57. The molecule has 2 nitrogen and oxygen atoms in total. The van der Waals surface area contributed by atoms with E-state index in [1.54, 1.807) is 35.7 Å². The van der Waals surface area contributed by atoms with Crippen LogP contribution in [0.1, 0.15) is 11.1 Å². The second-order valence-corrected chi connectivity index (χ2v) is 9.11. The van der Waals surface area contributed by atoms with Crippen molar-refractivity contribution < 1.29 is 4.79 Å². The number of halogens is 4. The maximum atomic E-state index is 11.8. The Bertz CT molecular complexity index is 758. The first kappa shape index (κ1) is 22.1. The van der Waals surface area contributed by atoms with Gasteiger partial charge >= 0.3 is 0 Å². The van der Waals surface area contributed by atoms with Crippen molar-refractivity contribution in [1.82, 2.24) is 5.32 Å².